The number of urea groups is 1. The number of amides is 4. The topological polar surface area (TPSA) is 69.7 Å². The van der Waals surface area contributed by atoms with E-state index in [2.05, 4.69) is 5.32 Å². The predicted octanol–water partition coefficient (Wildman–Crippen LogP) is 3.21. The molecule has 4 amide bonds. The first kappa shape index (κ1) is 19.4. The van der Waals surface area contributed by atoms with E-state index < -0.39 is 17.4 Å². The number of likely N-dealkylation sites (tertiary alicyclic amines) is 1. The van der Waals surface area contributed by atoms with Gasteiger partial charge in [-0.1, -0.05) is 41.9 Å². The van der Waals surface area contributed by atoms with Gasteiger partial charge in [0.05, 0.1) is 17.1 Å². The first-order valence-electron chi connectivity index (χ1n) is 9.32. The molecule has 1 N–H and O–H groups in total. The highest BCUT2D eigenvalue weighted by atomic mass is 35.5. The Hall–Kier alpha value is -2.93. The molecule has 4 rings (SSSR count). The van der Waals surface area contributed by atoms with Crippen LogP contribution in [0.5, 0.6) is 0 Å². The molecule has 150 valence electrons. The van der Waals surface area contributed by atoms with Crippen LogP contribution in [0.4, 0.5) is 9.18 Å². The molecule has 2 aliphatic heterocycles. The number of carbonyl (C=O) groups excluding carboxylic acids is 3. The third kappa shape index (κ3) is 3.58. The van der Waals surface area contributed by atoms with Gasteiger partial charge in [0.2, 0.25) is 0 Å². The van der Waals surface area contributed by atoms with Gasteiger partial charge in [-0.25, -0.2) is 9.18 Å². The molecule has 0 aromatic heterocycles. The molecule has 2 aromatic carbocycles. The SMILES string of the molecule is O=C(c1cc(F)ccc1Cl)N1CCC2(CC1)NC(=O)N(Cc1ccccc1)C2=O. The fraction of sp³-hybridized carbons (Fsp3) is 0.286. The Labute approximate surface area is 172 Å². The zero-order valence-corrected chi connectivity index (χ0v) is 16.3. The summed E-state index contributed by atoms with van der Waals surface area (Å²) in [6, 6.07) is 12.5. The van der Waals surface area contributed by atoms with Gasteiger partial charge in [0.1, 0.15) is 11.4 Å². The van der Waals surface area contributed by atoms with Gasteiger partial charge in [-0.15, -0.1) is 0 Å². The molecule has 2 saturated heterocycles. The summed E-state index contributed by atoms with van der Waals surface area (Å²) in [5, 5.41) is 3.00. The smallest absolute Gasteiger partial charge is 0.325 e. The molecule has 1 spiro atoms. The number of benzene rings is 2. The molecule has 0 aliphatic carbocycles. The van der Waals surface area contributed by atoms with E-state index in [1.807, 2.05) is 30.3 Å². The third-order valence-corrected chi connectivity index (χ3v) is 5.82. The second-order valence-electron chi connectivity index (χ2n) is 7.31. The highest BCUT2D eigenvalue weighted by Crippen LogP contribution is 2.31. The molecule has 6 nitrogen and oxygen atoms in total. The van der Waals surface area contributed by atoms with Crippen molar-refractivity contribution >= 4 is 29.4 Å². The fourth-order valence-electron chi connectivity index (χ4n) is 3.85. The van der Waals surface area contributed by atoms with Crippen molar-refractivity contribution in [1.82, 2.24) is 15.1 Å². The second kappa shape index (κ2) is 7.48. The normalized spacial score (nSPS) is 18.3. The molecule has 2 heterocycles. The number of carbonyl (C=O) groups is 3. The Morgan fingerprint density at radius 3 is 2.48 bits per heavy atom. The molecular weight excluding hydrogens is 397 g/mol. The van der Waals surface area contributed by atoms with Gasteiger partial charge in [0.25, 0.3) is 11.8 Å². The van der Waals surface area contributed by atoms with E-state index in [-0.39, 0.29) is 42.0 Å². The molecular formula is C21H19ClFN3O3. The van der Waals surface area contributed by atoms with Crippen molar-refractivity contribution in [1.29, 1.82) is 0 Å². The fourth-order valence-corrected chi connectivity index (χ4v) is 4.05. The van der Waals surface area contributed by atoms with E-state index in [0.29, 0.717) is 12.8 Å². The van der Waals surface area contributed by atoms with E-state index >= 15 is 0 Å². The lowest BCUT2D eigenvalue weighted by Crippen LogP contribution is -2.55. The zero-order valence-electron chi connectivity index (χ0n) is 15.5. The number of hydrogen-bond donors (Lipinski definition) is 1. The molecule has 0 atom stereocenters. The monoisotopic (exact) mass is 415 g/mol. The van der Waals surface area contributed by atoms with Gasteiger partial charge in [-0.05, 0) is 36.6 Å². The van der Waals surface area contributed by atoms with Gasteiger partial charge in [0.15, 0.2) is 0 Å². The third-order valence-electron chi connectivity index (χ3n) is 5.49. The Bertz CT molecular complexity index is 974. The van der Waals surface area contributed by atoms with Crippen molar-refractivity contribution in [3.05, 3.63) is 70.5 Å². The summed E-state index contributed by atoms with van der Waals surface area (Å²) in [5.41, 5.74) is -0.0505. The molecule has 2 aromatic rings. The van der Waals surface area contributed by atoms with Crippen LogP contribution in [0.25, 0.3) is 0 Å². The average molecular weight is 416 g/mol. The minimum Gasteiger partial charge on any atom is -0.338 e. The average Bonchev–Trinajstić information content (AvgIpc) is 2.95. The maximum Gasteiger partial charge on any atom is 0.325 e. The van der Waals surface area contributed by atoms with E-state index in [0.717, 1.165) is 11.6 Å². The van der Waals surface area contributed by atoms with Gasteiger partial charge in [-0.2, -0.15) is 0 Å². The maximum absolute atomic E-state index is 13.5. The first-order valence-corrected chi connectivity index (χ1v) is 9.70. The maximum atomic E-state index is 13.5. The number of hydrogen-bond acceptors (Lipinski definition) is 3. The summed E-state index contributed by atoms with van der Waals surface area (Å²) in [7, 11) is 0. The van der Waals surface area contributed by atoms with E-state index in [1.54, 1.807) is 0 Å². The Balaban J connectivity index is 1.46. The standard InChI is InChI=1S/C21H19ClFN3O3/c22-17-7-6-15(23)12-16(17)18(27)25-10-8-21(9-11-25)19(28)26(20(29)24-21)13-14-4-2-1-3-5-14/h1-7,12H,8-11,13H2,(H,24,29). The predicted molar refractivity (Wildman–Crippen MR) is 105 cm³/mol. The van der Waals surface area contributed by atoms with Crippen molar-refractivity contribution in [3.8, 4) is 0 Å². The number of rotatable bonds is 3. The van der Waals surface area contributed by atoms with Crippen LogP contribution in [0.15, 0.2) is 48.5 Å². The second-order valence-corrected chi connectivity index (χ2v) is 7.71. The summed E-state index contributed by atoms with van der Waals surface area (Å²) in [5.74, 6) is -1.20. The number of nitrogens with one attached hydrogen (secondary N) is 1. The highest BCUT2D eigenvalue weighted by molar-refractivity contribution is 6.33. The van der Waals surface area contributed by atoms with Crippen molar-refractivity contribution < 1.29 is 18.8 Å². The minimum atomic E-state index is -1.01. The van der Waals surface area contributed by atoms with Crippen molar-refractivity contribution in [2.24, 2.45) is 0 Å². The molecule has 0 bridgehead atoms. The number of imide groups is 1. The van der Waals surface area contributed by atoms with Gasteiger partial charge >= 0.3 is 6.03 Å². The summed E-state index contributed by atoms with van der Waals surface area (Å²) >= 11 is 6.04. The van der Waals surface area contributed by atoms with Gasteiger partial charge in [0, 0.05) is 13.1 Å². The van der Waals surface area contributed by atoms with Gasteiger partial charge in [-0.3, -0.25) is 14.5 Å². The first-order chi connectivity index (χ1) is 13.9. The summed E-state index contributed by atoms with van der Waals surface area (Å²) in [4.78, 5) is 40.9. The summed E-state index contributed by atoms with van der Waals surface area (Å²) in [6.07, 6.45) is 0.586. The van der Waals surface area contributed by atoms with Crippen molar-refractivity contribution in [2.45, 2.75) is 24.9 Å². The quantitative estimate of drug-likeness (QED) is 0.782. The van der Waals surface area contributed by atoms with Gasteiger partial charge < -0.3 is 10.2 Å². The number of nitrogens with zero attached hydrogens (tertiary/aromatic N) is 2. The zero-order chi connectivity index (χ0) is 20.6. The van der Waals surface area contributed by atoms with Crippen LogP contribution >= 0.6 is 11.6 Å². The van der Waals surface area contributed by atoms with E-state index in [1.165, 1.54) is 21.9 Å². The van der Waals surface area contributed by atoms with Crippen molar-refractivity contribution in [2.75, 3.05) is 13.1 Å². The summed E-state index contributed by atoms with van der Waals surface area (Å²) in [6.45, 7) is 0.725. The lowest BCUT2D eigenvalue weighted by molar-refractivity contribution is -0.133. The highest BCUT2D eigenvalue weighted by Gasteiger charge is 2.52. The van der Waals surface area contributed by atoms with E-state index in [9.17, 15) is 18.8 Å². The molecule has 0 unspecified atom stereocenters. The largest absolute Gasteiger partial charge is 0.338 e. The Kier molecular flexibility index (Phi) is 5.00. The van der Waals surface area contributed by atoms with E-state index in [4.69, 9.17) is 11.6 Å². The van der Waals surface area contributed by atoms with Crippen LogP contribution in [0.2, 0.25) is 5.02 Å². The van der Waals surface area contributed by atoms with Crippen molar-refractivity contribution in [3.63, 3.8) is 0 Å². The summed E-state index contributed by atoms with van der Waals surface area (Å²) < 4.78 is 13.5. The number of halogens is 2. The molecule has 29 heavy (non-hydrogen) atoms. The van der Waals surface area contributed by atoms with Crippen LogP contribution < -0.4 is 5.32 Å². The lowest BCUT2D eigenvalue weighted by atomic mass is 9.87. The molecule has 2 fully saturated rings. The molecule has 2 aliphatic rings. The van der Waals surface area contributed by atoms with Crippen LogP contribution in [0, 0.1) is 5.82 Å². The van der Waals surface area contributed by atoms with Crippen LogP contribution in [-0.2, 0) is 11.3 Å². The van der Waals surface area contributed by atoms with Crippen LogP contribution in [0.1, 0.15) is 28.8 Å². The lowest BCUT2D eigenvalue weighted by Gasteiger charge is -2.37. The Morgan fingerprint density at radius 2 is 1.79 bits per heavy atom. The number of piperidine rings is 1. The van der Waals surface area contributed by atoms with Crippen LogP contribution in [-0.4, -0.2) is 46.3 Å². The Morgan fingerprint density at radius 1 is 1.10 bits per heavy atom. The molecule has 0 saturated carbocycles. The molecule has 8 heteroatoms. The van der Waals surface area contributed by atoms with Crippen LogP contribution in [0.3, 0.4) is 0 Å². The minimum absolute atomic E-state index is 0.0927. The molecule has 0 radical (unpaired) electrons.